The number of hydrogen-bond donors (Lipinski definition) is 1. The largest absolute Gasteiger partial charge is 0.486 e. The third-order valence-electron chi connectivity index (χ3n) is 6.12. The Hall–Kier alpha value is -4.28. The Morgan fingerprint density at radius 3 is 1.92 bits per heavy atom. The van der Waals surface area contributed by atoms with Crippen LogP contribution in [-0.2, 0) is 18.2 Å². The molecule has 0 saturated carbocycles. The molecular formula is C28H20F7NO3. The molecule has 0 spiro atoms. The molecule has 1 heterocycles. The van der Waals surface area contributed by atoms with E-state index in [1.807, 2.05) is 42.5 Å². The summed E-state index contributed by atoms with van der Waals surface area (Å²) in [4.78, 5) is 12.3. The van der Waals surface area contributed by atoms with Crippen molar-refractivity contribution >= 4 is 11.6 Å². The molecule has 4 nitrogen and oxygen atoms in total. The van der Waals surface area contributed by atoms with Gasteiger partial charge in [0.2, 0.25) is 0 Å². The van der Waals surface area contributed by atoms with Crippen LogP contribution in [0, 0.1) is 23.3 Å². The van der Waals surface area contributed by atoms with Gasteiger partial charge in [0.25, 0.3) is 5.91 Å². The van der Waals surface area contributed by atoms with Crippen molar-refractivity contribution in [3.05, 3.63) is 118 Å². The normalized spacial score (nSPS) is 11.9. The van der Waals surface area contributed by atoms with Gasteiger partial charge in [-0.15, -0.1) is 0 Å². The first-order valence-electron chi connectivity index (χ1n) is 11.4. The molecule has 0 atom stereocenters. The maximum atomic E-state index is 14.1. The fraction of sp³-hybridized carbons (Fsp3) is 0.179. The third-order valence-corrected chi connectivity index (χ3v) is 6.12. The molecule has 39 heavy (non-hydrogen) atoms. The summed E-state index contributed by atoms with van der Waals surface area (Å²) in [5, 5.41) is 1.51. The number of anilines is 1. The number of amides is 1. The van der Waals surface area contributed by atoms with Crippen molar-refractivity contribution < 1.29 is 44.7 Å². The Kier molecular flexibility index (Phi) is 7.45. The summed E-state index contributed by atoms with van der Waals surface area (Å²) in [6, 6.07) is 19.6. The molecule has 0 aliphatic rings. The highest BCUT2D eigenvalue weighted by Crippen LogP contribution is 2.38. The predicted octanol–water partition coefficient (Wildman–Crippen LogP) is 8.01. The van der Waals surface area contributed by atoms with E-state index >= 15 is 0 Å². The zero-order valence-electron chi connectivity index (χ0n) is 20.4. The monoisotopic (exact) mass is 551 g/mol. The molecule has 4 aromatic rings. The van der Waals surface area contributed by atoms with Crippen LogP contribution in [-0.4, -0.2) is 5.91 Å². The molecule has 0 saturated heterocycles. The van der Waals surface area contributed by atoms with E-state index in [-0.39, 0.29) is 17.8 Å². The van der Waals surface area contributed by atoms with E-state index < -0.39 is 52.4 Å². The fourth-order valence-electron chi connectivity index (χ4n) is 3.89. The lowest BCUT2D eigenvalue weighted by Gasteiger charge is -2.26. The van der Waals surface area contributed by atoms with Gasteiger partial charge in [0.05, 0.1) is 0 Å². The minimum absolute atomic E-state index is 0.111. The lowest BCUT2D eigenvalue weighted by molar-refractivity contribution is -0.143. The highest BCUT2D eigenvalue weighted by atomic mass is 19.4. The number of furan rings is 1. The molecule has 0 fully saturated rings. The number of alkyl halides is 3. The number of rotatable bonds is 7. The number of hydrogen-bond acceptors (Lipinski definition) is 3. The molecule has 1 N–H and O–H groups in total. The van der Waals surface area contributed by atoms with Gasteiger partial charge in [-0.2, -0.15) is 13.2 Å². The Morgan fingerprint density at radius 1 is 0.795 bits per heavy atom. The zero-order valence-corrected chi connectivity index (χ0v) is 20.4. The average Bonchev–Trinajstić information content (AvgIpc) is 3.38. The second kappa shape index (κ2) is 10.5. The van der Waals surface area contributed by atoms with Gasteiger partial charge >= 0.3 is 6.18 Å². The van der Waals surface area contributed by atoms with E-state index in [9.17, 15) is 35.5 Å². The molecule has 11 heteroatoms. The van der Waals surface area contributed by atoms with E-state index in [4.69, 9.17) is 9.15 Å². The Morgan fingerprint density at radius 2 is 1.36 bits per heavy atom. The van der Waals surface area contributed by atoms with Gasteiger partial charge in [0, 0.05) is 5.41 Å². The SMILES string of the molecule is CC(C)(c1ccccc1)c1ccc(OCc2ccc(C(=O)Nc3c(F)c(F)c(C(F)(F)F)c(F)c3F)o2)cc1. The van der Waals surface area contributed by atoms with E-state index in [1.54, 1.807) is 12.1 Å². The summed E-state index contributed by atoms with van der Waals surface area (Å²) >= 11 is 0. The zero-order chi connectivity index (χ0) is 28.5. The van der Waals surface area contributed by atoms with E-state index in [0.717, 1.165) is 17.2 Å². The molecule has 0 unspecified atom stereocenters. The predicted molar refractivity (Wildman–Crippen MR) is 127 cm³/mol. The number of nitrogens with one attached hydrogen (secondary N) is 1. The Balaban J connectivity index is 1.43. The van der Waals surface area contributed by atoms with Gasteiger partial charge in [-0.1, -0.05) is 56.3 Å². The molecule has 0 radical (unpaired) electrons. The van der Waals surface area contributed by atoms with Gasteiger partial charge in [0.15, 0.2) is 29.0 Å². The molecule has 0 bridgehead atoms. The average molecular weight is 551 g/mol. The molecular weight excluding hydrogens is 531 g/mol. The van der Waals surface area contributed by atoms with Crippen LogP contribution in [0.1, 0.15) is 46.9 Å². The van der Waals surface area contributed by atoms with Crippen molar-refractivity contribution in [1.82, 2.24) is 0 Å². The van der Waals surface area contributed by atoms with E-state index in [0.29, 0.717) is 5.75 Å². The van der Waals surface area contributed by atoms with E-state index in [1.165, 1.54) is 11.4 Å². The van der Waals surface area contributed by atoms with Crippen molar-refractivity contribution in [3.63, 3.8) is 0 Å². The molecule has 0 aliphatic carbocycles. The minimum atomic E-state index is -5.70. The quantitative estimate of drug-likeness (QED) is 0.187. The van der Waals surface area contributed by atoms with Gasteiger partial charge in [-0.25, -0.2) is 17.6 Å². The van der Waals surface area contributed by atoms with Crippen LogP contribution in [0.25, 0.3) is 0 Å². The molecule has 4 rings (SSSR count). The Bertz CT molecular complexity index is 1470. The summed E-state index contributed by atoms with van der Waals surface area (Å²) < 4.78 is 105. The van der Waals surface area contributed by atoms with Crippen molar-refractivity contribution in [1.29, 1.82) is 0 Å². The molecule has 0 aliphatic heterocycles. The van der Waals surface area contributed by atoms with Crippen LogP contribution in [0.5, 0.6) is 5.75 Å². The van der Waals surface area contributed by atoms with Gasteiger partial charge in [0.1, 0.15) is 29.4 Å². The lowest BCUT2D eigenvalue weighted by Crippen LogP contribution is -2.20. The van der Waals surface area contributed by atoms with Crippen molar-refractivity contribution in [2.45, 2.75) is 32.0 Å². The Labute approximate surface area is 218 Å². The number of ether oxygens (including phenoxy) is 1. The third kappa shape index (κ3) is 5.62. The maximum Gasteiger partial charge on any atom is 0.422 e. The van der Waals surface area contributed by atoms with Crippen LogP contribution in [0.3, 0.4) is 0 Å². The van der Waals surface area contributed by atoms with Crippen LogP contribution in [0.4, 0.5) is 36.4 Å². The lowest BCUT2D eigenvalue weighted by atomic mass is 9.78. The maximum absolute atomic E-state index is 14.1. The fourth-order valence-corrected chi connectivity index (χ4v) is 3.89. The highest BCUT2D eigenvalue weighted by molar-refractivity contribution is 6.02. The van der Waals surface area contributed by atoms with Crippen molar-refractivity contribution in [3.8, 4) is 5.75 Å². The molecule has 1 aromatic heterocycles. The minimum Gasteiger partial charge on any atom is -0.486 e. The van der Waals surface area contributed by atoms with Crippen LogP contribution < -0.4 is 10.1 Å². The second-order valence-electron chi connectivity index (χ2n) is 9.03. The molecule has 1 amide bonds. The summed E-state index contributed by atoms with van der Waals surface area (Å²) in [7, 11) is 0. The first kappa shape index (κ1) is 27.7. The standard InChI is InChI=1S/C28H20F7NO3/c1-27(2,15-6-4-3-5-7-15)16-8-10-17(11-9-16)38-14-18-12-13-19(39-18)26(37)36-25-23(31)21(29)20(28(33,34)35)22(30)24(25)32/h3-13H,14H2,1-2H3,(H,36,37). The first-order valence-corrected chi connectivity index (χ1v) is 11.4. The number of halogens is 7. The van der Waals surface area contributed by atoms with Gasteiger partial charge < -0.3 is 14.5 Å². The van der Waals surface area contributed by atoms with Crippen LogP contribution in [0.2, 0.25) is 0 Å². The number of carbonyl (C=O) groups is 1. The van der Waals surface area contributed by atoms with Gasteiger partial charge in [-0.05, 0) is 35.4 Å². The van der Waals surface area contributed by atoms with Crippen LogP contribution in [0.15, 0.2) is 71.1 Å². The summed E-state index contributed by atoms with van der Waals surface area (Å²) in [6.07, 6.45) is -5.70. The molecule has 3 aromatic carbocycles. The first-order chi connectivity index (χ1) is 18.3. The van der Waals surface area contributed by atoms with Crippen molar-refractivity contribution in [2.24, 2.45) is 0 Å². The second-order valence-corrected chi connectivity index (χ2v) is 9.03. The summed E-state index contributed by atoms with van der Waals surface area (Å²) in [6.45, 7) is 4.01. The van der Waals surface area contributed by atoms with Crippen molar-refractivity contribution in [2.75, 3.05) is 5.32 Å². The van der Waals surface area contributed by atoms with E-state index in [2.05, 4.69) is 13.8 Å². The topological polar surface area (TPSA) is 51.5 Å². The van der Waals surface area contributed by atoms with Crippen LogP contribution >= 0.6 is 0 Å². The summed E-state index contributed by atoms with van der Waals surface area (Å²) in [5.41, 5.74) is -2.57. The molecule has 204 valence electrons. The number of benzene rings is 3. The van der Waals surface area contributed by atoms with Gasteiger partial charge in [-0.3, -0.25) is 4.79 Å². The highest BCUT2D eigenvalue weighted by Gasteiger charge is 2.42. The number of carbonyl (C=O) groups excluding carboxylic acids is 1. The smallest absolute Gasteiger partial charge is 0.422 e. The summed E-state index contributed by atoms with van der Waals surface area (Å²) in [5.74, 6) is -11.5.